The zero-order valence-electron chi connectivity index (χ0n) is 16.0. The molecule has 0 saturated heterocycles. The summed E-state index contributed by atoms with van der Waals surface area (Å²) in [6, 6.07) is 16.0. The minimum atomic E-state index is -0.635. The Morgan fingerprint density at radius 1 is 1.10 bits per heavy atom. The highest BCUT2D eigenvalue weighted by molar-refractivity contribution is 6.22. The van der Waals surface area contributed by atoms with E-state index in [1.165, 1.54) is 7.11 Å². The molecule has 0 aliphatic carbocycles. The minimum Gasteiger partial charge on any atom is -0.505 e. The molecule has 3 rings (SSSR count). The molecule has 0 spiro atoms. The van der Waals surface area contributed by atoms with Gasteiger partial charge in [-0.05, 0) is 42.8 Å². The lowest BCUT2D eigenvalue weighted by molar-refractivity contribution is -0.135. The Morgan fingerprint density at radius 2 is 1.79 bits per heavy atom. The number of carbonyl (C=O) groups is 2. The molecular formula is C22H20N2O5. The number of anilines is 1. The van der Waals surface area contributed by atoms with Crippen LogP contribution in [0.3, 0.4) is 0 Å². The van der Waals surface area contributed by atoms with Gasteiger partial charge in [0.2, 0.25) is 0 Å². The van der Waals surface area contributed by atoms with Crippen LogP contribution in [0, 0.1) is 0 Å². The van der Waals surface area contributed by atoms with E-state index in [-0.39, 0.29) is 29.5 Å². The number of carbonyl (C=O) groups excluding carboxylic acids is 2. The van der Waals surface area contributed by atoms with Crippen LogP contribution in [0.2, 0.25) is 0 Å². The molecule has 0 atom stereocenters. The molecule has 2 N–H and O–H groups in total. The molecule has 0 unspecified atom stereocenters. The smallest absolute Gasteiger partial charge is 0.343 e. The van der Waals surface area contributed by atoms with Crippen LogP contribution in [-0.4, -0.2) is 36.4 Å². The van der Waals surface area contributed by atoms with Crippen molar-refractivity contribution in [3.63, 3.8) is 0 Å². The number of amides is 1. The highest BCUT2D eigenvalue weighted by Crippen LogP contribution is 2.26. The molecule has 2 aromatic carbocycles. The third-order valence-electron chi connectivity index (χ3n) is 4.13. The zero-order chi connectivity index (χ0) is 20.8. The number of nitrogens with zero attached hydrogens (tertiary/aromatic N) is 1. The van der Waals surface area contributed by atoms with Crippen LogP contribution in [-0.2, 0) is 14.3 Å². The Labute approximate surface area is 168 Å². The van der Waals surface area contributed by atoms with Gasteiger partial charge in [-0.15, -0.1) is 0 Å². The van der Waals surface area contributed by atoms with Crippen molar-refractivity contribution < 1.29 is 24.2 Å². The predicted molar refractivity (Wildman–Crippen MR) is 110 cm³/mol. The number of para-hydroxylation sites is 1. The molecule has 1 aliphatic heterocycles. The van der Waals surface area contributed by atoms with Crippen LogP contribution in [0.1, 0.15) is 12.5 Å². The van der Waals surface area contributed by atoms with E-state index in [0.717, 1.165) is 5.56 Å². The quantitative estimate of drug-likeness (QED) is 0.734. The second-order valence-corrected chi connectivity index (χ2v) is 6.21. The number of aliphatic hydroxyl groups excluding tert-OH is 1. The fourth-order valence-corrected chi connectivity index (χ4v) is 2.72. The van der Waals surface area contributed by atoms with Crippen LogP contribution in [0.5, 0.6) is 5.75 Å². The fraction of sp³-hybridized carbons (Fsp3) is 0.136. The van der Waals surface area contributed by atoms with E-state index in [0.29, 0.717) is 17.1 Å². The van der Waals surface area contributed by atoms with Gasteiger partial charge in [-0.1, -0.05) is 30.3 Å². The van der Waals surface area contributed by atoms with E-state index in [1.807, 2.05) is 18.2 Å². The summed E-state index contributed by atoms with van der Waals surface area (Å²) < 4.78 is 10.1. The summed E-state index contributed by atoms with van der Waals surface area (Å²) in [6.07, 6.45) is 1.64. The van der Waals surface area contributed by atoms with Gasteiger partial charge in [0.15, 0.2) is 12.4 Å². The number of aliphatic hydroxyl groups is 1. The van der Waals surface area contributed by atoms with E-state index >= 15 is 0 Å². The summed E-state index contributed by atoms with van der Waals surface area (Å²) in [7, 11) is 1.25. The summed E-state index contributed by atoms with van der Waals surface area (Å²) in [5.74, 6) is -0.586. The molecule has 0 fully saturated rings. The zero-order valence-corrected chi connectivity index (χ0v) is 16.0. The van der Waals surface area contributed by atoms with E-state index in [9.17, 15) is 14.7 Å². The Morgan fingerprint density at radius 3 is 2.45 bits per heavy atom. The van der Waals surface area contributed by atoms with Gasteiger partial charge in [-0.25, -0.2) is 9.79 Å². The first-order valence-corrected chi connectivity index (χ1v) is 8.85. The summed E-state index contributed by atoms with van der Waals surface area (Å²) in [5, 5.41) is 13.0. The fourth-order valence-electron chi connectivity index (χ4n) is 2.72. The maximum Gasteiger partial charge on any atom is 0.343 e. The molecule has 0 radical (unpaired) electrons. The average molecular weight is 392 g/mol. The summed E-state index contributed by atoms with van der Waals surface area (Å²) in [4.78, 5) is 27.9. The van der Waals surface area contributed by atoms with Crippen molar-refractivity contribution >= 4 is 29.4 Å². The molecule has 7 nitrogen and oxygen atoms in total. The van der Waals surface area contributed by atoms with Gasteiger partial charge < -0.3 is 19.9 Å². The Balaban J connectivity index is 1.62. The van der Waals surface area contributed by atoms with Gasteiger partial charge in [0, 0.05) is 5.69 Å². The Bertz CT molecular complexity index is 1010. The van der Waals surface area contributed by atoms with Crippen molar-refractivity contribution in [1.82, 2.24) is 0 Å². The standard InChI is InChI=1S/C22H20N2O5/c1-14-20(22(27)28-2)21(26)18(23-14)12-15-8-10-17(11-9-15)29-13-19(25)24-16-6-4-3-5-7-16/h3-12,26H,13H2,1-2H3,(H,24,25)/b18-12-. The molecule has 0 bridgehead atoms. The Hall–Kier alpha value is -3.87. The number of hydrogen-bond acceptors (Lipinski definition) is 6. The molecule has 7 heteroatoms. The third-order valence-corrected chi connectivity index (χ3v) is 4.13. The number of nitrogens with one attached hydrogen (secondary N) is 1. The molecule has 29 heavy (non-hydrogen) atoms. The lowest BCUT2D eigenvalue weighted by Crippen LogP contribution is -2.20. The second kappa shape index (κ2) is 8.88. The maximum atomic E-state index is 11.9. The van der Waals surface area contributed by atoms with Crippen molar-refractivity contribution in [3.05, 3.63) is 77.2 Å². The molecule has 1 amide bonds. The van der Waals surface area contributed by atoms with Gasteiger partial charge in [0.25, 0.3) is 5.91 Å². The van der Waals surface area contributed by atoms with Gasteiger partial charge >= 0.3 is 5.97 Å². The van der Waals surface area contributed by atoms with E-state index < -0.39 is 5.97 Å². The largest absolute Gasteiger partial charge is 0.505 e. The van der Waals surface area contributed by atoms with Crippen molar-refractivity contribution in [2.75, 3.05) is 19.0 Å². The van der Waals surface area contributed by atoms with Gasteiger partial charge in [0.05, 0.1) is 12.8 Å². The summed E-state index contributed by atoms with van der Waals surface area (Å²) in [6.45, 7) is 1.51. The first kappa shape index (κ1) is 19.9. The van der Waals surface area contributed by atoms with Gasteiger partial charge in [-0.3, -0.25) is 4.79 Å². The highest BCUT2D eigenvalue weighted by atomic mass is 16.5. The highest BCUT2D eigenvalue weighted by Gasteiger charge is 2.27. The SMILES string of the molecule is COC(=O)C1=C(O)/C(=C/c2ccc(OCC(=O)Nc3ccccc3)cc2)N=C1C. The first-order chi connectivity index (χ1) is 14.0. The second-order valence-electron chi connectivity index (χ2n) is 6.21. The van der Waals surface area contributed by atoms with Crippen LogP contribution in [0.25, 0.3) is 6.08 Å². The average Bonchev–Trinajstić information content (AvgIpc) is 3.00. The van der Waals surface area contributed by atoms with Crippen LogP contribution in [0.15, 0.2) is 76.6 Å². The predicted octanol–water partition coefficient (Wildman–Crippen LogP) is 3.50. The lowest BCUT2D eigenvalue weighted by atomic mass is 10.1. The number of aliphatic imine (C=N–C) groups is 1. The van der Waals surface area contributed by atoms with E-state index in [1.54, 1.807) is 49.4 Å². The van der Waals surface area contributed by atoms with Gasteiger partial charge in [-0.2, -0.15) is 0 Å². The normalized spacial score (nSPS) is 14.6. The van der Waals surface area contributed by atoms with Crippen molar-refractivity contribution in [3.8, 4) is 5.75 Å². The van der Waals surface area contributed by atoms with Crippen molar-refractivity contribution in [2.24, 2.45) is 4.99 Å². The molecule has 0 saturated carbocycles. The topological polar surface area (TPSA) is 97.2 Å². The number of hydrogen-bond donors (Lipinski definition) is 2. The number of rotatable bonds is 6. The number of ether oxygens (including phenoxy) is 2. The number of benzene rings is 2. The molecule has 1 aliphatic rings. The van der Waals surface area contributed by atoms with Crippen molar-refractivity contribution in [1.29, 1.82) is 0 Å². The molecule has 1 heterocycles. The number of esters is 1. The first-order valence-electron chi connectivity index (χ1n) is 8.85. The van der Waals surface area contributed by atoms with E-state index in [2.05, 4.69) is 15.0 Å². The van der Waals surface area contributed by atoms with Crippen molar-refractivity contribution in [2.45, 2.75) is 6.92 Å². The van der Waals surface area contributed by atoms with Crippen LogP contribution >= 0.6 is 0 Å². The molecule has 148 valence electrons. The lowest BCUT2D eigenvalue weighted by Gasteiger charge is -2.07. The Kier molecular flexibility index (Phi) is 6.09. The van der Waals surface area contributed by atoms with Crippen LogP contribution < -0.4 is 10.1 Å². The summed E-state index contributed by atoms with van der Waals surface area (Å²) >= 11 is 0. The third kappa shape index (κ3) is 4.90. The molecule has 0 aromatic heterocycles. The summed E-state index contributed by atoms with van der Waals surface area (Å²) in [5.41, 5.74) is 2.18. The minimum absolute atomic E-state index is 0.0585. The van der Waals surface area contributed by atoms with Crippen LogP contribution in [0.4, 0.5) is 5.69 Å². The molecule has 2 aromatic rings. The van der Waals surface area contributed by atoms with Gasteiger partial charge in [0.1, 0.15) is 17.0 Å². The maximum absolute atomic E-state index is 11.9. The van der Waals surface area contributed by atoms with E-state index in [4.69, 9.17) is 4.74 Å². The number of methoxy groups -OCH3 is 1. The molecular weight excluding hydrogens is 372 g/mol. The monoisotopic (exact) mass is 392 g/mol.